The van der Waals surface area contributed by atoms with Crippen LogP contribution in [0.1, 0.15) is 31.1 Å². The molecule has 1 aromatic carbocycles. The van der Waals surface area contributed by atoms with Crippen LogP contribution in [0.4, 0.5) is 0 Å². The number of carbonyl (C=O) groups is 2. The van der Waals surface area contributed by atoms with E-state index in [1.54, 1.807) is 24.3 Å². The maximum atomic E-state index is 11.8. The monoisotopic (exact) mass is 270 g/mol. The molecule has 1 rings (SSSR count). The number of hydrogen-bond donors (Lipinski definition) is 0. The van der Waals surface area contributed by atoms with Crippen LogP contribution in [0, 0.1) is 5.41 Å². The molecule has 1 aromatic rings. The largest absolute Gasteiger partial charge is 0.298 e. The summed E-state index contributed by atoms with van der Waals surface area (Å²) in [5.41, 5.74) is 0.175. The van der Waals surface area contributed by atoms with Crippen molar-refractivity contribution in [3.8, 4) is 0 Å². The third-order valence-corrected chi connectivity index (χ3v) is 3.41. The Labute approximate surface area is 111 Å². The van der Waals surface area contributed by atoms with Crippen molar-refractivity contribution in [1.29, 1.82) is 0 Å². The summed E-state index contributed by atoms with van der Waals surface area (Å²) in [6.45, 7) is 5.55. The molecule has 0 radical (unpaired) electrons. The van der Waals surface area contributed by atoms with Gasteiger partial charge in [0.25, 0.3) is 0 Å². The second-order valence-corrected chi connectivity index (χ2v) is 6.14. The molecule has 0 N–H and O–H groups in total. The zero-order valence-corrected chi connectivity index (χ0v) is 11.7. The van der Waals surface area contributed by atoms with Crippen molar-refractivity contribution >= 4 is 34.3 Å². The van der Waals surface area contributed by atoms with Crippen LogP contribution in [0.2, 0.25) is 5.02 Å². The zero-order chi connectivity index (χ0) is 13.1. The molecule has 0 amide bonds. The Bertz CT molecular complexity index is 418. The van der Waals surface area contributed by atoms with E-state index in [1.807, 2.05) is 20.8 Å². The third-order valence-electron chi connectivity index (χ3n) is 2.25. The average molecular weight is 271 g/mol. The number of hydrogen-bond acceptors (Lipinski definition) is 3. The van der Waals surface area contributed by atoms with Gasteiger partial charge in [-0.05, 0) is 24.3 Å². The van der Waals surface area contributed by atoms with Crippen molar-refractivity contribution in [3.05, 3.63) is 34.9 Å². The van der Waals surface area contributed by atoms with E-state index in [9.17, 15) is 9.59 Å². The van der Waals surface area contributed by atoms with Gasteiger partial charge in [0.1, 0.15) is 5.78 Å². The molecule has 0 bridgehead atoms. The minimum Gasteiger partial charge on any atom is -0.298 e. The molecule has 4 heteroatoms. The molecule has 0 saturated heterocycles. The molecule has 0 heterocycles. The highest BCUT2D eigenvalue weighted by atomic mass is 35.5. The highest BCUT2D eigenvalue weighted by Gasteiger charge is 2.22. The first kappa shape index (κ1) is 14.3. The van der Waals surface area contributed by atoms with E-state index in [0.717, 1.165) is 11.8 Å². The zero-order valence-electron chi connectivity index (χ0n) is 10.1. The molecule has 17 heavy (non-hydrogen) atoms. The summed E-state index contributed by atoms with van der Waals surface area (Å²) in [4.78, 5) is 23.4. The summed E-state index contributed by atoms with van der Waals surface area (Å²) < 4.78 is 0. The summed E-state index contributed by atoms with van der Waals surface area (Å²) in [7, 11) is 0. The van der Waals surface area contributed by atoms with Gasteiger partial charge < -0.3 is 0 Å². The summed E-state index contributed by atoms with van der Waals surface area (Å²) in [5.74, 6) is 0.287. The molecule has 0 aliphatic carbocycles. The Morgan fingerprint density at radius 3 is 2.18 bits per heavy atom. The van der Waals surface area contributed by atoms with E-state index in [0.29, 0.717) is 10.6 Å². The quantitative estimate of drug-likeness (QED) is 0.837. The summed E-state index contributed by atoms with van der Waals surface area (Å²) in [6, 6.07) is 6.67. The fourth-order valence-corrected chi connectivity index (χ4v) is 2.14. The number of rotatable bonds is 3. The third kappa shape index (κ3) is 4.52. The van der Waals surface area contributed by atoms with Gasteiger partial charge in [0.2, 0.25) is 5.12 Å². The predicted molar refractivity (Wildman–Crippen MR) is 72.7 cm³/mol. The van der Waals surface area contributed by atoms with Crippen LogP contribution in [-0.2, 0) is 4.79 Å². The summed E-state index contributed by atoms with van der Waals surface area (Å²) in [5, 5.41) is 0.497. The topological polar surface area (TPSA) is 34.1 Å². The maximum absolute atomic E-state index is 11.8. The first-order chi connectivity index (χ1) is 7.80. The van der Waals surface area contributed by atoms with E-state index in [1.165, 1.54) is 0 Å². The summed E-state index contributed by atoms with van der Waals surface area (Å²) in [6.07, 6.45) is 0. The van der Waals surface area contributed by atoms with E-state index in [4.69, 9.17) is 11.6 Å². The van der Waals surface area contributed by atoms with Crippen LogP contribution in [-0.4, -0.2) is 16.7 Å². The van der Waals surface area contributed by atoms with Gasteiger partial charge in [-0.2, -0.15) is 0 Å². The smallest absolute Gasteiger partial charge is 0.219 e. The molecule has 2 nitrogen and oxygen atoms in total. The number of benzene rings is 1. The maximum Gasteiger partial charge on any atom is 0.219 e. The lowest BCUT2D eigenvalue weighted by molar-refractivity contribution is -0.123. The number of thioether (sulfide) groups is 1. The molecule has 0 aliphatic rings. The lowest BCUT2D eigenvalue weighted by Crippen LogP contribution is -2.22. The second-order valence-electron chi connectivity index (χ2n) is 4.76. The Balaban J connectivity index is 2.56. The molecule has 0 spiro atoms. The first-order valence-electron chi connectivity index (χ1n) is 5.26. The van der Waals surface area contributed by atoms with Gasteiger partial charge in [0.15, 0.2) is 0 Å². The number of ketones is 1. The van der Waals surface area contributed by atoms with Gasteiger partial charge >= 0.3 is 0 Å². The fraction of sp³-hybridized carbons (Fsp3) is 0.385. The van der Waals surface area contributed by atoms with Crippen molar-refractivity contribution in [3.63, 3.8) is 0 Å². The van der Waals surface area contributed by atoms with Gasteiger partial charge in [-0.3, -0.25) is 9.59 Å². The molecule has 0 unspecified atom stereocenters. The Hall–Kier alpha value is -0.800. The molecule has 0 atom stereocenters. The normalized spacial score (nSPS) is 11.3. The van der Waals surface area contributed by atoms with Crippen LogP contribution in [0.3, 0.4) is 0 Å². The molecule has 0 aromatic heterocycles. The molecular weight excluding hydrogens is 256 g/mol. The van der Waals surface area contributed by atoms with Gasteiger partial charge in [-0.25, -0.2) is 0 Å². The Kier molecular flexibility index (Phi) is 4.78. The first-order valence-corrected chi connectivity index (χ1v) is 6.63. The number of Topliss-reactive ketones (excluding diaryl/α,β-unsaturated/α-hetero) is 1. The van der Waals surface area contributed by atoms with Gasteiger partial charge in [0.05, 0.1) is 5.75 Å². The lowest BCUT2D eigenvalue weighted by Gasteiger charge is -2.15. The standard InChI is InChI=1S/C13H15ClO2S/c1-13(2,3)11(15)8-17-12(16)9-4-6-10(14)7-5-9/h4-7H,8H2,1-3H3. The molecule has 0 aliphatic heterocycles. The minimum absolute atomic E-state index is 0.0739. The minimum atomic E-state index is -0.396. The van der Waals surface area contributed by atoms with Gasteiger partial charge in [0, 0.05) is 16.0 Å². The van der Waals surface area contributed by atoms with Crippen molar-refractivity contribution < 1.29 is 9.59 Å². The van der Waals surface area contributed by atoms with E-state index >= 15 is 0 Å². The average Bonchev–Trinajstić information content (AvgIpc) is 2.25. The Morgan fingerprint density at radius 2 is 1.71 bits per heavy atom. The number of carbonyl (C=O) groups excluding carboxylic acids is 2. The van der Waals surface area contributed by atoms with Gasteiger partial charge in [-0.1, -0.05) is 44.1 Å². The van der Waals surface area contributed by atoms with Crippen LogP contribution < -0.4 is 0 Å². The van der Waals surface area contributed by atoms with Crippen LogP contribution in [0.5, 0.6) is 0 Å². The van der Waals surface area contributed by atoms with Crippen LogP contribution >= 0.6 is 23.4 Å². The van der Waals surface area contributed by atoms with Crippen molar-refractivity contribution in [2.75, 3.05) is 5.75 Å². The molecular formula is C13H15ClO2S. The SMILES string of the molecule is CC(C)(C)C(=O)CSC(=O)c1ccc(Cl)cc1. The van der Waals surface area contributed by atoms with E-state index in [-0.39, 0.29) is 16.7 Å². The highest BCUT2D eigenvalue weighted by molar-refractivity contribution is 8.14. The van der Waals surface area contributed by atoms with Crippen molar-refractivity contribution in [1.82, 2.24) is 0 Å². The van der Waals surface area contributed by atoms with E-state index in [2.05, 4.69) is 0 Å². The molecule has 92 valence electrons. The highest BCUT2D eigenvalue weighted by Crippen LogP contribution is 2.21. The van der Waals surface area contributed by atoms with Gasteiger partial charge in [-0.15, -0.1) is 0 Å². The van der Waals surface area contributed by atoms with Crippen molar-refractivity contribution in [2.24, 2.45) is 5.41 Å². The molecule has 0 fully saturated rings. The van der Waals surface area contributed by atoms with Crippen LogP contribution in [0.15, 0.2) is 24.3 Å². The van der Waals surface area contributed by atoms with Crippen LogP contribution in [0.25, 0.3) is 0 Å². The lowest BCUT2D eigenvalue weighted by atomic mass is 9.92. The number of halogens is 1. The second kappa shape index (κ2) is 5.69. The fourth-order valence-electron chi connectivity index (χ4n) is 1.02. The molecule has 0 saturated carbocycles. The Morgan fingerprint density at radius 1 is 1.18 bits per heavy atom. The summed E-state index contributed by atoms with van der Waals surface area (Å²) >= 11 is 6.77. The van der Waals surface area contributed by atoms with Crippen molar-refractivity contribution in [2.45, 2.75) is 20.8 Å². The predicted octanol–water partition coefficient (Wildman–Crippen LogP) is 3.83. The van der Waals surface area contributed by atoms with E-state index < -0.39 is 5.41 Å².